The first kappa shape index (κ1) is 10.8. The lowest BCUT2D eigenvalue weighted by Gasteiger charge is -2.01. The molecule has 0 atom stereocenters. The fourth-order valence-electron chi connectivity index (χ4n) is 0.997. The highest BCUT2D eigenvalue weighted by Gasteiger charge is 2.03. The molecule has 1 amide bonds. The molecule has 0 aliphatic heterocycles. The van der Waals surface area contributed by atoms with Crippen LogP contribution in [0.3, 0.4) is 0 Å². The second kappa shape index (κ2) is 4.80. The smallest absolute Gasteiger partial charge is 0.255 e. The molecule has 78 valence electrons. The first-order valence-electron chi connectivity index (χ1n) is 4.19. The molecule has 0 spiro atoms. The Kier molecular flexibility index (Phi) is 3.45. The summed E-state index contributed by atoms with van der Waals surface area (Å²) in [5.41, 5.74) is 6.25. The first-order chi connectivity index (χ1) is 7.15. The van der Waals surface area contributed by atoms with Gasteiger partial charge in [0.1, 0.15) is 5.84 Å². The average Bonchev–Trinajstić information content (AvgIpc) is 2.26. The monoisotopic (exact) mass is 205 g/mol. The Morgan fingerprint density at radius 2 is 1.87 bits per heavy atom. The number of aliphatic hydroxyl groups is 1. The van der Waals surface area contributed by atoms with Crippen LogP contribution in [0, 0.1) is 5.41 Å². The molecule has 0 saturated carbocycles. The highest BCUT2D eigenvalue weighted by atomic mass is 16.2. The SMILES string of the molecule is N=C(N)c1ccc(C(=O)N/C=C\O)cc1. The van der Waals surface area contributed by atoms with Gasteiger partial charge in [-0.2, -0.15) is 0 Å². The van der Waals surface area contributed by atoms with Crippen molar-refractivity contribution in [1.29, 1.82) is 5.41 Å². The molecule has 5 nitrogen and oxygen atoms in total. The van der Waals surface area contributed by atoms with Crippen molar-refractivity contribution in [2.75, 3.05) is 0 Å². The largest absolute Gasteiger partial charge is 0.514 e. The number of benzene rings is 1. The predicted molar refractivity (Wildman–Crippen MR) is 56.7 cm³/mol. The molecule has 0 heterocycles. The maximum absolute atomic E-state index is 11.3. The van der Waals surface area contributed by atoms with Gasteiger partial charge in [0.2, 0.25) is 0 Å². The van der Waals surface area contributed by atoms with E-state index in [2.05, 4.69) is 5.32 Å². The Morgan fingerprint density at radius 3 is 2.33 bits per heavy atom. The minimum atomic E-state index is -0.338. The molecule has 0 aliphatic carbocycles. The molecule has 0 unspecified atom stereocenters. The van der Waals surface area contributed by atoms with E-state index in [0.717, 1.165) is 12.5 Å². The van der Waals surface area contributed by atoms with E-state index in [4.69, 9.17) is 16.2 Å². The Labute approximate surface area is 86.7 Å². The zero-order valence-electron chi connectivity index (χ0n) is 7.90. The summed E-state index contributed by atoms with van der Waals surface area (Å²) in [5.74, 6) is -0.382. The van der Waals surface area contributed by atoms with E-state index in [1.807, 2.05) is 0 Å². The summed E-state index contributed by atoms with van der Waals surface area (Å²) in [6, 6.07) is 6.27. The third-order valence-corrected chi connectivity index (χ3v) is 1.75. The van der Waals surface area contributed by atoms with Crippen molar-refractivity contribution >= 4 is 11.7 Å². The van der Waals surface area contributed by atoms with Crippen LogP contribution >= 0.6 is 0 Å². The number of aliphatic hydroxyl groups excluding tert-OH is 1. The van der Waals surface area contributed by atoms with E-state index in [1.165, 1.54) is 0 Å². The van der Waals surface area contributed by atoms with Crippen molar-refractivity contribution in [1.82, 2.24) is 5.32 Å². The van der Waals surface area contributed by atoms with Crippen LogP contribution < -0.4 is 11.1 Å². The van der Waals surface area contributed by atoms with Gasteiger partial charge < -0.3 is 16.2 Å². The zero-order valence-corrected chi connectivity index (χ0v) is 7.90. The highest BCUT2D eigenvalue weighted by Crippen LogP contribution is 2.03. The van der Waals surface area contributed by atoms with Gasteiger partial charge in [0.05, 0.1) is 6.26 Å². The Hall–Kier alpha value is -2.30. The predicted octanol–water partition coefficient (Wildman–Crippen LogP) is 0.730. The third-order valence-electron chi connectivity index (χ3n) is 1.75. The fourth-order valence-corrected chi connectivity index (χ4v) is 0.997. The average molecular weight is 205 g/mol. The van der Waals surface area contributed by atoms with Crippen LogP contribution in [0.4, 0.5) is 0 Å². The van der Waals surface area contributed by atoms with Gasteiger partial charge >= 0.3 is 0 Å². The standard InChI is InChI=1S/C10H11N3O2/c11-9(12)7-1-3-8(4-2-7)10(15)13-5-6-14/h1-6,14H,(H3,11,12)(H,13,15)/b6-5-. The van der Waals surface area contributed by atoms with Gasteiger partial charge in [0.15, 0.2) is 0 Å². The number of nitrogen functional groups attached to an aromatic ring is 1. The van der Waals surface area contributed by atoms with E-state index in [0.29, 0.717) is 11.1 Å². The van der Waals surface area contributed by atoms with E-state index in [1.54, 1.807) is 24.3 Å². The maximum atomic E-state index is 11.3. The molecule has 0 aromatic heterocycles. The Bertz CT molecular complexity index is 396. The van der Waals surface area contributed by atoms with E-state index < -0.39 is 0 Å². The van der Waals surface area contributed by atoms with E-state index >= 15 is 0 Å². The van der Waals surface area contributed by atoms with Gasteiger partial charge in [0.25, 0.3) is 5.91 Å². The topological polar surface area (TPSA) is 99.2 Å². The Morgan fingerprint density at radius 1 is 1.33 bits per heavy atom. The van der Waals surface area contributed by atoms with Crippen molar-refractivity contribution in [3.05, 3.63) is 47.9 Å². The summed E-state index contributed by atoms with van der Waals surface area (Å²) in [5, 5.41) is 17.8. The maximum Gasteiger partial charge on any atom is 0.255 e. The van der Waals surface area contributed by atoms with Crippen LogP contribution in [0.2, 0.25) is 0 Å². The lowest BCUT2D eigenvalue weighted by molar-refractivity contribution is 0.0969. The molecule has 5 N–H and O–H groups in total. The van der Waals surface area contributed by atoms with Gasteiger partial charge in [-0.05, 0) is 12.1 Å². The molecule has 1 aromatic rings. The van der Waals surface area contributed by atoms with Crippen molar-refractivity contribution in [2.24, 2.45) is 5.73 Å². The van der Waals surface area contributed by atoms with Gasteiger partial charge in [-0.15, -0.1) is 0 Å². The number of amides is 1. The first-order valence-corrected chi connectivity index (χ1v) is 4.19. The molecular formula is C10H11N3O2. The molecule has 0 saturated heterocycles. The van der Waals surface area contributed by atoms with Gasteiger partial charge in [-0.25, -0.2) is 0 Å². The molecule has 1 rings (SSSR count). The minimum absolute atomic E-state index is 0.0442. The molecule has 5 heteroatoms. The molecule has 1 aromatic carbocycles. The summed E-state index contributed by atoms with van der Waals surface area (Å²) in [4.78, 5) is 11.3. The van der Waals surface area contributed by atoms with Crippen LogP contribution in [0.1, 0.15) is 15.9 Å². The van der Waals surface area contributed by atoms with E-state index in [-0.39, 0.29) is 11.7 Å². The Balaban J connectivity index is 2.80. The van der Waals surface area contributed by atoms with Gasteiger partial charge in [-0.3, -0.25) is 10.2 Å². The quantitative estimate of drug-likeness (QED) is 0.332. The van der Waals surface area contributed by atoms with Crippen LogP contribution in [-0.2, 0) is 0 Å². The summed E-state index contributed by atoms with van der Waals surface area (Å²) in [6.45, 7) is 0. The van der Waals surface area contributed by atoms with Crippen molar-refractivity contribution in [3.63, 3.8) is 0 Å². The highest BCUT2D eigenvalue weighted by molar-refractivity contribution is 5.98. The molecule has 0 bridgehead atoms. The van der Waals surface area contributed by atoms with Crippen LogP contribution in [0.5, 0.6) is 0 Å². The number of nitrogens with two attached hydrogens (primary N) is 1. The summed E-state index contributed by atoms with van der Waals surface area (Å²) >= 11 is 0. The van der Waals surface area contributed by atoms with Gasteiger partial charge in [-0.1, -0.05) is 12.1 Å². The minimum Gasteiger partial charge on any atom is -0.514 e. The fraction of sp³-hybridized carbons (Fsp3) is 0. The van der Waals surface area contributed by atoms with Crippen LogP contribution in [-0.4, -0.2) is 16.8 Å². The number of carbonyl (C=O) groups is 1. The lowest BCUT2D eigenvalue weighted by Crippen LogP contribution is -2.17. The molecule has 15 heavy (non-hydrogen) atoms. The zero-order chi connectivity index (χ0) is 11.3. The summed E-state index contributed by atoms with van der Waals surface area (Å²) in [6.07, 6.45) is 1.86. The number of carbonyl (C=O) groups excluding carboxylic acids is 1. The second-order valence-corrected chi connectivity index (χ2v) is 2.78. The summed E-state index contributed by atoms with van der Waals surface area (Å²) < 4.78 is 0. The van der Waals surface area contributed by atoms with Crippen LogP contribution in [0.25, 0.3) is 0 Å². The molecule has 0 fully saturated rings. The number of rotatable bonds is 3. The second-order valence-electron chi connectivity index (χ2n) is 2.78. The number of nitrogens with one attached hydrogen (secondary N) is 2. The number of amidine groups is 1. The summed E-state index contributed by atoms with van der Waals surface area (Å²) in [7, 11) is 0. The number of hydrogen-bond acceptors (Lipinski definition) is 3. The normalized spacial score (nSPS) is 10.1. The van der Waals surface area contributed by atoms with Crippen molar-refractivity contribution in [3.8, 4) is 0 Å². The van der Waals surface area contributed by atoms with Crippen molar-refractivity contribution in [2.45, 2.75) is 0 Å². The van der Waals surface area contributed by atoms with Crippen molar-refractivity contribution < 1.29 is 9.90 Å². The van der Waals surface area contributed by atoms with E-state index in [9.17, 15) is 4.79 Å². The third kappa shape index (κ3) is 2.84. The van der Waals surface area contributed by atoms with Crippen LogP contribution in [0.15, 0.2) is 36.7 Å². The van der Waals surface area contributed by atoms with Gasteiger partial charge in [0, 0.05) is 17.3 Å². The number of hydrogen-bond donors (Lipinski definition) is 4. The molecule has 0 aliphatic rings. The molecular weight excluding hydrogens is 194 g/mol. The lowest BCUT2D eigenvalue weighted by atomic mass is 10.1. The molecule has 0 radical (unpaired) electrons.